The van der Waals surface area contributed by atoms with Crippen LogP contribution < -0.4 is 5.32 Å². The molecule has 0 amide bonds. The molecule has 1 aromatic rings. The van der Waals surface area contributed by atoms with Crippen LogP contribution in [-0.2, 0) is 9.47 Å². The number of hydrogen-bond acceptors (Lipinski definition) is 3. The highest BCUT2D eigenvalue weighted by atomic mass is 16.5. The molecule has 0 fully saturated rings. The predicted octanol–water partition coefficient (Wildman–Crippen LogP) is 2.39. The Morgan fingerprint density at radius 1 is 1.18 bits per heavy atom. The highest BCUT2D eigenvalue weighted by molar-refractivity contribution is 5.19. The number of benzene rings is 1. The molecule has 0 spiro atoms. The molecule has 3 heteroatoms. The minimum atomic E-state index is 0.152. The molecule has 0 aromatic heterocycles. The summed E-state index contributed by atoms with van der Waals surface area (Å²) in [4.78, 5) is 0. The van der Waals surface area contributed by atoms with Gasteiger partial charge in [-0.2, -0.15) is 0 Å². The zero-order chi connectivity index (χ0) is 12.5. The first kappa shape index (κ1) is 14.2. The molecule has 0 aliphatic rings. The smallest absolute Gasteiger partial charge is 0.0741 e. The van der Waals surface area contributed by atoms with Gasteiger partial charge in [-0.05, 0) is 26.0 Å². The molecule has 1 aromatic carbocycles. The van der Waals surface area contributed by atoms with Gasteiger partial charge < -0.3 is 14.8 Å². The van der Waals surface area contributed by atoms with Gasteiger partial charge in [-0.25, -0.2) is 0 Å². The predicted molar refractivity (Wildman–Crippen MR) is 70.1 cm³/mol. The van der Waals surface area contributed by atoms with E-state index >= 15 is 0 Å². The van der Waals surface area contributed by atoms with Crippen LogP contribution in [-0.4, -0.2) is 33.5 Å². The lowest BCUT2D eigenvalue weighted by molar-refractivity contribution is 0.0287. The quantitative estimate of drug-likeness (QED) is 0.704. The second-order valence-electron chi connectivity index (χ2n) is 4.10. The van der Waals surface area contributed by atoms with Gasteiger partial charge in [0.05, 0.1) is 12.1 Å². The van der Waals surface area contributed by atoms with Crippen molar-refractivity contribution in [3.8, 4) is 0 Å². The number of likely N-dealkylation sites (N-methyl/N-ethyl adjacent to an activating group) is 1. The van der Waals surface area contributed by atoms with Crippen molar-refractivity contribution in [2.45, 2.75) is 25.5 Å². The average Bonchev–Trinajstić information content (AvgIpc) is 2.37. The van der Waals surface area contributed by atoms with Gasteiger partial charge >= 0.3 is 0 Å². The van der Waals surface area contributed by atoms with Gasteiger partial charge in [0.2, 0.25) is 0 Å². The van der Waals surface area contributed by atoms with Crippen LogP contribution in [0, 0.1) is 0 Å². The first-order valence-corrected chi connectivity index (χ1v) is 6.12. The molecule has 0 aliphatic heterocycles. The van der Waals surface area contributed by atoms with E-state index in [1.54, 1.807) is 7.11 Å². The summed E-state index contributed by atoms with van der Waals surface area (Å²) < 4.78 is 10.8. The van der Waals surface area contributed by atoms with Crippen LogP contribution in [0.3, 0.4) is 0 Å². The van der Waals surface area contributed by atoms with Crippen LogP contribution in [0.1, 0.15) is 24.9 Å². The van der Waals surface area contributed by atoms with Gasteiger partial charge in [-0.15, -0.1) is 0 Å². The van der Waals surface area contributed by atoms with Crippen molar-refractivity contribution < 1.29 is 9.47 Å². The number of methoxy groups -OCH3 is 1. The van der Waals surface area contributed by atoms with Crippen molar-refractivity contribution in [3.05, 3.63) is 35.9 Å². The van der Waals surface area contributed by atoms with Crippen molar-refractivity contribution in [1.82, 2.24) is 5.32 Å². The van der Waals surface area contributed by atoms with Crippen LogP contribution in [0.25, 0.3) is 0 Å². The van der Waals surface area contributed by atoms with E-state index in [1.165, 1.54) is 5.56 Å². The molecule has 0 bridgehead atoms. The number of hydrogen-bond donors (Lipinski definition) is 1. The van der Waals surface area contributed by atoms with E-state index in [0.717, 1.165) is 19.6 Å². The lowest BCUT2D eigenvalue weighted by Crippen LogP contribution is -2.29. The fraction of sp³-hybridized carbons (Fsp3) is 0.571. The lowest BCUT2D eigenvalue weighted by atomic mass is 10.0. The third kappa shape index (κ3) is 4.86. The highest BCUT2D eigenvalue weighted by Crippen LogP contribution is 2.18. The Hall–Kier alpha value is -0.900. The summed E-state index contributed by atoms with van der Waals surface area (Å²) in [5, 5.41) is 3.30. The molecule has 0 saturated heterocycles. The van der Waals surface area contributed by atoms with Gasteiger partial charge in [0.25, 0.3) is 0 Å². The molecule has 96 valence electrons. The standard InChI is InChI=1S/C14H23NO2/c1-12(17-11-7-10-16-3)14(15-2)13-8-5-4-6-9-13/h4-6,8-9,12,14-15H,7,10-11H2,1-3H3. The largest absolute Gasteiger partial charge is 0.385 e. The maximum atomic E-state index is 5.81. The molecule has 0 saturated carbocycles. The Morgan fingerprint density at radius 3 is 2.47 bits per heavy atom. The fourth-order valence-corrected chi connectivity index (χ4v) is 1.90. The maximum Gasteiger partial charge on any atom is 0.0741 e. The molecule has 1 rings (SSSR count). The van der Waals surface area contributed by atoms with E-state index < -0.39 is 0 Å². The normalized spacial score (nSPS) is 14.5. The molecule has 0 radical (unpaired) electrons. The van der Waals surface area contributed by atoms with Crippen LogP contribution in [0.4, 0.5) is 0 Å². The fourth-order valence-electron chi connectivity index (χ4n) is 1.90. The lowest BCUT2D eigenvalue weighted by Gasteiger charge is -2.24. The van der Waals surface area contributed by atoms with Crippen molar-refractivity contribution >= 4 is 0 Å². The first-order valence-electron chi connectivity index (χ1n) is 6.12. The van der Waals surface area contributed by atoms with E-state index in [1.807, 2.05) is 13.1 Å². The first-order chi connectivity index (χ1) is 8.29. The molecular formula is C14H23NO2. The Balaban J connectivity index is 2.44. The second-order valence-corrected chi connectivity index (χ2v) is 4.10. The number of rotatable bonds is 8. The third-order valence-corrected chi connectivity index (χ3v) is 2.81. The summed E-state index contributed by atoms with van der Waals surface area (Å²) in [6.45, 7) is 3.59. The van der Waals surface area contributed by atoms with Crippen LogP contribution >= 0.6 is 0 Å². The van der Waals surface area contributed by atoms with Gasteiger partial charge in [0.1, 0.15) is 0 Å². The zero-order valence-electron chi connectivity index (χ0n) is 11.0. The van der Waals surface area contributed by atoms with Crippen molar-refractivity contribution in [1.29, 1.82) is 0 Å². The van der Waals surface area contributed by atoms with Gasteiger partial charge in [-0.1, -0.05) is 30.3 Å². The summed E-state index contributed by atoms with van der Waals surface area (Å²) in [7, 11) is 3.68. The number of nitrogens with one attached hydrogen (secondary N) is 1. The summed E-state index contributed by atoms with van der Waals surface area (Å²) in [5.74, 6) is 0. The van der Waals surface area contributed by atoms with Crippen LogP contribution in [0.5, 0.6) is 0 Å². The molecule has 2 unspecified atom stereocenters. The monoisotopic (exact) mass is 237 g/mol. The van der Waals surface area contributed by atoms with Crippen molar-refractivity contribution in [2.24, 2.45) is 0 Å². The SMILES string of the molecule is CNC(c1ccccc1)C(C)OCCCOC. The van der Waals surface area contributed by atoms with E-state index in [4.69, 9.17) is 9.47 Å². The summed E-state index contributed by atoms with van der Waals surface area (Å²) >= 11 is 0. The van der Waals surface area contributed by atoms with E-state index in [-0.39, 0.29) is 12.1 Å². The van der Waals surface area contributed by atoms with E-state index in [9.17, 15) is 0 Å². The third-order valence-electron chi connectivity index (χ3n) is 2.81. The Morgan fingerprint density at radius 2 is 1.88 bits per heavy atom. The zero-order valence-corrected chi connectivity index (χ0v) is 11.0. The molecule has 3 nitrogen and oxygen atoms in total. The van der Waals surface area contributed by atoms with Gasteiger partial charge in [0, 0.05) is 20.3 Å². The summed E-state index contributed by atoms with van der Waals surface area (Å²) in [6.07, 6.45) is 1.09. The van der Waals surface area contributed by atoms with E-state index in [0.29, 0.717) is 0 Å². The molecule has 17 heavy (non-hydrogen) atoms. The minimum absolute atomic E-state index is 0.152. The van der Waals surface area contributed by atoms with Crippen LogP contribution in [0.15, 0.2) is 30.3 Å². The molecule has 1 N–H and O–H groups in total. The minimum Gasteiger partial charge on any atom is -0.385 e. The Labute approximate surface area is 104 Å². The molecule has 0 heterocycles. The van der Waals surface area contributed by atoms with Crippen LogP contribution in [0.2, 0.25) is 0 Å². The Kier molecular flexibility index (Phi) is 6.86. The van der Waals surface area contributed by atoms with Gasteiger partial charge in [0.15, 0.2) is 0 Å². The molecular weight excluding hydrogens is 214 g/mol. The molecule has 2 atom stereocenters. The van der Waals surface area contributed by atoms with Crippen molar-refractivity contribution in [2.75, 3.05) is 27.4 Å². The summed E-state index contributed by atoms with van der Waals surface area (Å²) in [5.41, 5.74) is 1.26. The molecule has 0 aliphatic carbocycles. The second kappa shape index (κ2) is 8.23. The Bertz CT molecular complexity index is 290. The average molecular weight is 237 g/mol. The topological polar surface area (TPSA) is 30.5 Å². The van der Waals surface area contributed by atoms with Gasteiger partial charge in [-0.3, -0.25) is 0 Å². The summed E-state index contributed by atoms with van der Waals surface area (Å²) in [6, 6.07) is 10.6. The highest BCUT2D eigenvalue weighted by Gasteiger charge is 2.17. The van der Waals surface area contributed by atoms with Crippen molar-refractivity contribution in [3.63, 3.8) is 0 Å². The van der Waals surface area contributed by atoms with E-state index in [2.05, 4.69) is 36.5 Å². The number of ether oxygens (including phenoxy) is 2. The maximum absolute atomic E-state index is 5.81.